The summed E-state index contributed by atoms with van der Waals surface area (Å²) in [5.41, 5.74) is 0. The Labute approximate surface area is 116 Å². The van der Waals surface area contributed by atoms with E-state index in [-0.39, 0.29) is 5.91 Å². The van der Waals surface area contributed by atoms with Gasteiger partial charge >= 0.3 is 0 Å². The van der Waals surface area contributed by atoms with Gasteiger partial charge in [-0.2, -0.15) is 5.26 Å². The van der Waals surface area contributed by atoms with Gasteiger partial charge in [0.25, 0.3) is 0 Å². The largest absolute Gasteiger partial charge is 0.345 e. The number of nitrogens with zero attached hydrogens (tertiary/aromatic N) is 4. The van der Waals surface area contributed by atoms with E-state index >= 15 is 0 Å². The Kier molecular flexibility index (Phi) is 6.82. The molecule has 1 unspecified atom stereocenters. The summed E-state index contributed by atoms with van der Waals surface area (Å²) in [6, 6.07) is 2.68. The molecule has 0 bridgehead atoms. The molecule has 1 heterocycles. The van der Waals surface area contributed by atoms with E-state index in [4.69, 9.17) is 5.26 Å². The molecule has 0 aromatic carbocycles. The minimum atomic E-state index is 0.141. The molecular weight excluding hydrogens is 240 g/mol. The Bertz CT molecular complexity index is 326. The molecule has 1 amide bonds. The third kappa shape index (κ3) is 5.17. The SMILES string of the molecule is CCC1CN(CCC(=O)N(C)CCC#N)CCN1C. The molecule has 0 aliphatic carbocycles. The average Bonchev–Trinajstić information content (AvgIpc) is 2.43. The minimum absolute atomic E-state index is 0.141. The summed E-state index contributed by atoms with van der Waals surface area (Å²) in [5.74, 6) is 0.141. The second kappa shape index (κ2) is 8.13. The molecular formula is C14H26N4O. The standard InChI is InChI=1S/C14H26N4O/c1-4-13-12-18(11-10-16(13)2)9-6-14(19)17(3)8-5-7-15/h13H,4-6,8-12H2,1-3H3. The fraction of sp³-hybridized carbons (Fsp3) is 0.857. The Morgan fingerprint density at radius 3 is 2.84 bits per heavy atom. The molecule has 108 valence electrons. The fourth-order valence-electron chi connectivity index (χ4n) is 2.44. The van der Waals surface area contributed by atoms with Crippen molar-refractivity contribution in [2.45, 2.75) is 32.2 Å². The predicted molar refractivity (Wildman–Crippen MR) is 75.6 cm³/mol. The molecule has 0 aromatic heterocycles. The van der Waals surface area contributed by atoms with Crippen molar-refractivity contribution < 1.29 is 4.79 Å². The number of amides is 1. The van der Waals surface area contributed by atoms with Crippen molar-refractivity contribution in [1.82, 2.24) is 14.7 Å². The van der Waals surface area contributed by atoms with Gasteiger partial charge in [0.05, 0.1) is 12.5 Å². The Balaban J connectivity index is 2.29. The Morgan fingerprint density at radius 2 is 2.21 bits per heavy atom. The van der Waals surface area contributed by atoms with E-state index in [1.807, 2.05) is 0 Å². The van der Waals surface area contributed by atoms with E-state index < -0.39 is 0 Å². The van der Waals surface area contributed by atoms with Gasteiger partial charge in [-0.3, -0.25) is 9.69 Å². The average molecular weight is 266 g/mol. The van der Waals surface area contributed by atoms with Crippen molar-refractivity contribution in [3.8, 4) is 6.07 Å². The highest BCUT2D eigenvalue weighted by Crippen LogP contribution is 2.11. The van der Waals surface area contributed by atoms with Gasteiger partial charge in [0.2, 0.25) is 5.91 Å². The monoisotopic (exact) mass is 266 g/mol. The first-order valence-corrected chi connectivity index (χ1v) is 7.12. The number of likely N-dealkylation sites (N-methyl/N-ethyl adjacent to an activating group) is 1. The smallest absolute Gasteiger partial charge is 0.223 e. The van der Waals surface area contributed by atoms with Crippen LogP contribution in [0.5, 0.6) is 0 Å². The number of hydrogen-bond acceptors (Lipinski definition) is 4. The molecule has 1 aliphatic heterocycles. The van der Waals surface area contributed by atoms with Gasteiger partial charge in [-0.25, -0.2) is 0 Å². The van der Waals surface area contributed by atoms with Crippen LogP contribution in [0.4, 0.5) is 0 Å². The maximum atomic E-state index is 11.9. The van der Waals surface area contributed by atoms with Crippen LogP contribution in [0.2, 0.25) is 0 Å². The summed E-state index contributed by atoms with van der Waals surface area (Å²) in [5, 5.41) is 8.51. The molecule has 5 nitrogen and oxygen atoms in total. The Morgan fingerprint density at radius 1 is 1.47 bits per heavy atom. The van der Waals surface area contributed by atoms with E-state index in [0.717, 1.165) is 32.6 Å². The van der Waals surface area contributed by atoms with Crippen LogP contribution in [-0.4, -0.2) is 73.5 Å². The van der Waals surface area contributed by atoms with Gasteiger partial charge in [-0.1, -0.05) is 6.92 Å². The van der Waals surface area contributed by atoms with Gasteiger partial charge in [0, 0.05) is 52.2 Å². The first-order chi connectivity index (χ1) is 9.08. The highest BCUT2D eigenvalue weighted by molar-refractivity contribution is 5.76. The maximum absolute atomic E-state index is 11.9. The number of nitriles is 1. The second-order valence-electron chi connectivity index (χ2n) is 5.32. The van der Waals surface area contributed by atoms with Crippen LogP contribution >= 0.6 is 0 Å². The number of hydrogen-bond donors (Lipinski definition) is 0. The van der Waals surface area contributed by atoms with Crippen molar-refractivity contribution in [3.05, 3.63) is 0 Å². The van der Waals surface area contributed by atoms with Crippen LogP contribution in [0.1, 0.15) is 26.2 Å². The molecule has 0 saturated carbocycles. The molecule has 0 aromatic rings. The molecule has 0 N–H and O–H groups in total. The molecule has 1 aliphatic rings. The molecule has 1 atom stereocenters. The lowest BCUT2D eigenvalue weighted by Crippen LogP contribution is -2.51. The summed E-state index contributed by atoms with van der Waals surface area (Å²) in [4.78, 5) is 18.3. The lowest BCUT2D eigenvalue weighted by atomic mass is 10.1. The van der Waals surface area contributed by atoms with Crippen LogP contribution in [0.15, 0.2) is 0 Å². The van der Waals surface area contributed by atoms with Crippen molar-refractivity contribution in [3.63, 3.8) is 0 Å². The van der Waals surface area contributed by atoms with Crippen molar-refractivity contribution in [2.75, 3.05) is 46.8 Å². The maximum Gasteiger partial charge on any atom is 0.223 e. The Hall–Kier alpha value is -1.12. The normalized spacial score (nSPS) is 21.1. The summed E-state index contributed by atoms with van der Waals surface area (Å²) >= 11 is 0. The molecule has 0 radical (unpaired) electrons. The van der Waals surface area contributed by atoms with Gasteiger partial charge in [-0.15, -0.1) is 0 Å². The minimum Gasteiger partial charge on any atom is -0.345 e. The van der Waals surface area contributed by atoms with Crippen LogP contribution in [0.3, 0.4) is 0 Å². The molecule has 1 saturated heterocycles. The molecule has 19 heavy (non-hydrogen) atoms. The van der Waals surface area contributed by atoms with Crippen molar-refractivity contribution >= 4 is 5.91 Å². The van der Waals surface area contributed by atoms with Gasteiger partial charge in [0.1, 0.15) is 0 Å². The molecule has 1 fully saturated rings. The van der Waals surface area contributed by atoms with Gasteiger partial charge < -0.3 is 9.80 Å². The fourth-order valence-corrected chi connectivity index (χ4v) is 2.44. The van der Waals surface area contributed by atoms with Crippen molar-refractivity contribution in [1.29, 1.82) is 5.26 Å². The highest BCUT2D eigenvalue weighted by atomic mass is 16.2. The predicted octanol–water partition coefficient (Wildman–Crippen LogP) is 0.775. The quantitative estimate of drug-likeness (QED) is 0.713. The summed E-state index contributed by atoms with van der Waals surface area (Å²) < 4.78 is 0. The number of rotatable bonds is 6. The topological polar surface area (TPSA) is 50.6 Å². The molecule has 1 rings (SSSR count). The van der Waals surface area contributed by atoms with Gasteiger partial charge in [-0.05, 0) is 13.5 Å². The number of piperazine rings is 1. The summed E-state index contributed by atoms with van der Waals surface area (Å²) in [6.07, 6.45) is 2.12. The molecule has 5 heteroatoms. The van der Waals surface area contributed by atoms with Crippen LogP contribution in [-0.2, 0) is 4.79 Å². The van der Waals surface area contributed by atoms with Crippen LogP contribution in [0, 0.1) is 11.3 Å². The zero-order valence-electron chi connectivity index (χ0n) is 12.4. The first-order valence-electron chi connectivity index (χ1n) is 7.12. The van der Waals surface area contributed by atoms with Crippen molar-refractivity contribution in [2.24, 2.45) is 0 Å². The third-order valence-corrected chi connectivity index (χ3v) is 3.96. The highest BCUT2D eigenvalue weighted by Gasteiger charge is 2.23. The first kappa shape index (κ1) is 15.9. The van der Waals surface area contributed by atoms with E-state index in [1.54, 1.807) is 11.9 Å². The van der Waals surface area contributed by atoms with E-state index in [9.17, 15) is 4.79 Å². The van der Waals surface area contributed by atoms with Crippen LogP contribution < -0.4 is 0 Å². The van der Waals surface area contributed by atoms with E-state index in [1.165, 1.54) is 0 Å². The lowest BCUT2D eigenvalue weighted by molar-refractivity contribution is -0.130. The summed E-state index contributed by atoms with van der Waals surface area (Å²) in [7, 11) is 3.95. The number of carbonyl (C=O) groups is 1. The van der Waals surface area contributed by atoms with E-state index in [2.05, 4.69) is 29.8 Å². The number of carbonyl (C=O) groups excluding carboxylic acids is 1. The second-order valence-corrected chi connectivity index (χ2v) is 5.32. The zero-order valence-corrected chi connectivity index (χ0v) is 12.4. The van der Waals surface area contributed by atoms with Gasteiger partial charge in [0.15, 0.2) is 0 Å². The zero-order chi connectivity index (χ0) is 14.3. The molecule has 0 spiro atoms. The summed E-state index contributed by atoms with van der Waals surface area (Å²) in [6.45, 7) is 6.77. The third-order valence-electron chi connectivity index (χ3n) is 3.96. The van der Waals surface area contributed by atoms with Crippen LogP contribution in [0.25, 0.3) is 0 Å². The lowest BCUT2D eigenvalue weighted by Gasteiger charge is -2.39. The van der Waals surface area contributed by atoms with E-state index in [0.29, 0.717) is 25.4 Å².